The smallest absolute Gasteiger partial charge is 0.317 e. The Balaban J connectivity index is 3.85. The van der Waals surface area contributed by atoms with Crippen molar-refractivity contribution in [2.24, 2.45) is 0 Å². The van der Waals surface area contributed by atoms with Crippen LogP contribution in [0, 0.1) is 0 Å². The highest BCUT2D eigenvalue weighted by Gasteiger charge is 2.13. The van der Waals surface area contributed by atoms with Crippen LogP contribution < -0.4 is 10.6 Å². The Kier molecular flexibility index (Phi) is 6.44. The maximum atomic E-state index is 11.4. The molecule has 3 N–H and O–H groups in total. The van der Waals surface area contributed by atoms with E-state index in [2.05, 4.69) is 10.6 Å². The van der Waals surface area contributed by atoms with E-state index < -0.39 is 5.97 Å². The average Bonchev–Trinajstić information content (AvgIpc) is 2.12. The molecule has 0 saturated heterocycles. The van der Waals surface area contributed by atoms with Gasteiger partial charge in [0.1, 0.15) is 0 Å². The van der Waals surface area contributed by atoms with E-state index in [-0.39, 0.29) is 18.5 Å². The van der Waals surface area contributed by atoms with Gasteiger partial charge in [-0.2, -0.15) is 0 Å². The number of carboxylic acid groups (broad SMARTS) is 1. The maximum Gasteiger partial charge on any atom is 0.317 e. The fraction of sp³-hybridized carbons (Fsp3) is 0.778. The van der Waals surface area contributed by atoms with Gasteiger partial charge in [-0.3, -0.25) is 4.79 Å². The lowest BCUT2D eigenvalue weighted by Crippen LogP contribution is -2.44. The highest BCUT2D eigenvalue weighted by atomic mass is 16.4. The third-order valence-corrected chi connectivity index (χ3v) is 1.89. The molecule has 0 aliphatic heterocycles. The van der Waals surface area contributed by atoms with E-state index in [0.717, 1.165) is 0 Å². The Labute approximate surface area is 89.6 Å². The van der Waals surface area contributed by atoms with Gasteiger partial charge in [0.2, 0.25) is 0 Å². The average molecular weight is 217 g/mol. The molecule has 0 aromatic carbocycles. The summed E-state index contributed by atoms with van der Waals surface area (Å²) in [4.78, 5) is 23.3. The number of nitrogens with one attached hydrogen (secondary N) is 2. The lowest BCUT2D eigenvalue weighted by molar-refractivity contribution is -0.137. The first-order chi connectivity index (χ1) is 6.97. The Morgan fingerprint density at radius 2 is 2.07 bits per heavy atom. The normalized spacial score (nSPS) is 11.9. The van der Waals surface area contributed by atoms with Crippen LogP contribution in [0.2, 0.25) is 0 Å². The number of carboxylic acids is 1. The molecule has 1 unspecified atom stereocenters. The molecule has 1 atom stereocenters. The highest BCUT2D eigenvalue weighted by molar-refractivity contribution is 5.75. The van der Waals surface area contributed by atoms with Crippen LogP contribution in [-0.4, -0.2) is 55.2 Å². The number of urea groups is 1. The van der Waals surface area contributed by atoms with Gasteiger partial charge >= 0.3 is 12.0 Å². The molecule has 0 rings (SSSR count). The molecule has 0 fully saturated rings. The molecule has 15 heavy (non-hydrogen) atoms. The SMILES string of the molecule is CNCCN(C)C(=O)NC(C)CC(=O)O. The first-order valence-electron chi connectivity index (χ1n) is 4.85. The van der Waals surface area contributed by atoms with Crippen LogP contribution >= 0.6 is 0 Å². The third kappa shape index (κ3) is 6.73. The second-order valence-corrected chi connectivity index (χ2v) is 3.47. The topological polar surface area (TPSA) is 81.7 Å². The summed E-state index contributed by atoms with van der Waals surface area (Å²) in [5.74, 6) is -0.916. The van der Waals surface area contributed by atoms with Gasteiger partial charge in [-0.05, 0) is 14.0 Å². The van der Waals surface area contributed by atoms with Crippen LogP contribution in [0.4, 0.5) is 4.79 Å². The highest BCUT2D eigenvalue weighted by Crippen LogP contribution is 1.92. The standard InChI is InChI=1S/C9H19N3O3/c1-7(6-8(13)14)11-9(15)12(3)5-4-10-2/h7,10H,4-6H2,1-3H3,(H,11,15)(H,13,14). The predicted octanol–water partition coefficient (Wildman–Crippen LogP) is -0.290. The van der Waals surface area contributed by atoms with Crippen LogP contribution in [0.5, 0.6) is 0 Å². The monoisotopic (exact) mass is 217 g/mol. The van der Waals surface area contributed by atoms with Crippen LogP contribution in [0.15, 0.2) is 0 Å². The number of hydrogen-bond donors (Lipinski definition) is 3. The van der Waals surface area contributed by atoms with Gasteiger partial charge in [-0.15, -0.1) is 0 Å². The van der Waals surface area contributed by atoms with Gasteiger partial charge in [0.25, 0.3) is 0 Å². The first-order valence-corrected chi connectivity index (χ1v) is 4.85. The number of amides is 2. The summed E-state index contributed by atoms with van der Waals surface area (Å²) in [5, 5.41) is 14.0. The van der Waals surface area contributed by atoms with E-state index in [1.54, 1.807) is 21.0 Å². The van der Waals surface area contributed by atoms with Crippen molar-refractivity contribution in [3.63, 3.8) is 0 Å². The maximum absolute atomic E-state index is 11.4. The first kappa shape index (κ1) is 13.7. The van der Waals surface area contributed by atoms with Crippen molar-refractivity contribution in [3.8, 4) is 0 Å². The lowest BCUT2D eigenvalue weighted by Gasteiger charge is -2.20. The minimum absolute atomic E-state index is 0.0639. The quantitative estimate of drug-likeness (QED) is 0.571. The third-order valence-electron chi connectivity index (χ3n) is 1.89. The van der Waals surface area contributed by atoms with Gasteiger partial charge in [0, 0.05) is 26.2 Å². The summed E-state index contributed by atoms with van der Waals surface area (Å²) in [6.07, 6.45) is -0.0639. The predicted molar refractivity (Wildman–Crippen MR) is 56.8 cm³/mol. The summed E-state index contributed by atoms with van der Waals surface area (Å²) in [5.41, 5.74) is 0. The number of aliphatic carboxylic acids is 1. The summed E-state index contributed by atoms with van der Waals surface area (Å²) in [7, 11) is 3.47. The van der Waals surface area contributed by atoms with Crippen LogP contribution in [-0.2, 0) is 4.79 Å². The van der Waals surface area contributed by atoms with Gasteiger partial charge in [0.15, 0.2) is 0 Å². The second kappa shape index (κ2) is 7.05. The fourth-order valence-electron chi connectivity index (χ4n) is 1.01. The number of carbonyl (C=O) groups excluding carboxylic acids is 1. The molecule has 0 heterocycles. The number of rotatable bonds is 6. The molecule has 0 aromatic rings. The van der Waals surface area contributed by atoms with Gasteiger partial charge < -0.3 is 20.6 Å². The summed E-state index contributed by atoms with van der Waals surface area (Å²) < 4.78 is 0. The molecule has 0 radical (unpaired) electrons. The minimum Gasteiger partial charge on any atom is -0.481 e. The Bertz CT molecular complexity index is 221. The van der Waals surface area contributed by atoms with Crippen molar-refractivity contribution in [1.82, 2.24) is 15.5 Å². The lowest BCUT2D eigenvalue weighted by atomic mass is 10.2. The largest absolute Gasteiger partial charge is 0.481 e. The van der Waals surface area contributed by atoms with Gasteiger partial charge in [-0.25, -0.2) is 4.79 Å². The molecule has 0 saturated carbocycles. The summed E-state index contributed by atoms with van der Waals surface area (Å²) in [6.45, 7) is 2.96. The zero-order valence-corrected chi connectivity index (χ0v) is 9.41. The zero-order valence-electron chi connectivity index (χ0n) is 9.41. The van der Waals surface area contributed by atoms with Crippen molar-refractivity contribution in [2.45, 2.75) is 19.4 Å². The number of carbonyl (C=O) groups is 2. The van der Waals surface area contributed by atoms with E-state index in [1.807, 2.05) is 0 Å². The zero-order chi connectivity index (χ0) is 11.8. The van der Waals surface area contributed by atoms with Crippen LogP contribution in [0.1, 0.15) is 13.3 Å². The second-order valence-electron chi connectivity index (χ2n) is 3.47. The van der Waals surface area contributed by atoms with E-state index >= 15 is 0 Å². The minimum atomic E-state index is -0.916. The molecule has 6 heteroatoms. The van der Waals surface area contributed by atoms with Gasteiger partial charge in [-0.1, -0.05) is 0 Å². The van der Waals surface area contributed by atoms with Crippen molar-refractivity contribution >= 4 is 12.0 Å². The molecule has 88 valence electrons. The molecule has 0 spiro atoms. The molecule has 2 amide bonds. The van der Waals surface area contributed by atoms with E-state index in [1.165, 1.54) is 4.90 Å². The summed E-state index contributed by atoms with van der Waals surface area (Å²) in [6, 6.07) is -0.606. The number of nitrogens with zero attached hydrogens (tertiary/aromatic N) is 1. The number of likely N-dealkylation sites (N-methyl/N-ethyl adjacent to an activating group) is 2. The molecular weight excluding hydrogens is 198 g/mol. The molecular formula is C9H19N3O3. The van der Waals surface area contributed by atoms with Crippen LogP contribution in [0.3, 0.4) is 0 Å². The van der Waals surface area contributed by atoms with Crippen LogP contribution in [0.25, 0.3) is 0 Å². The summed E-state index contributed by atoms with van der Waals surface area (Å²) >= 11 is 0. The van der Waals surface area contributed by atoms with Crippen molar-refractivity contribution in [1.29, 1.82) is 0 Å². The van der Waals surface area contributed by atoms with Crippen molar-refractivity contribution < 1.29 is 14.7 Å². The molecule has 6 nitrogen and oxygen atoms in total. The molecule has 0 aromatic heterocycles. The molecule has 0 aliphatic rings. The van der Waals surface area contributed by atoms with Crippen molar-refractivity contribution in [3.05, 3.63) is 0 Å². The van der Waals surface area contributed by atoms with Crippen molar-refractivity contribution in [2.75, 3.05) is 27.2 Å². The fourth-order valence-corrected chi connectivity index (χ4v) is 1.01. The number of hydrogen-bond acceptors (Lipinski definition) is 3. The Morgan fingerprint density at radius 1 is 1.47 bits per heavy atom. The van der Waals surface area contributed by atoms with E-state index in [4.69, 9.17) is 5.11 Å². The van der Waals surface area contributed by atoms with E-state index in [9.17, 15) is 9.59 Å². The van der Waals surface area contributed by atoms with Gasteiger partial charge in [0.05, 0.1) is 6.42 Å². The Hall–Kier alpha value is -1.30. The molecule has 0 bridgehead atoms. The molecule has 0 aliphatic carbocycles. The van der Waals surface area contributed by atoms with E-state index in [0.29, 0.717) is 13.1 Å². The Morgan fingerprint density at radius 3 is 2.53 bits per heavy atom.